The van der Waals surface area contributed by atoms with E-state index in [1.165, 1.54) is 0 Å². The van der Waals surface area contributed by atoms with Gasteiger partial charge in [-0.2, -0.15) is 0 Å². The van der Waals surface area contributed by atoms with E-state index in [4.69, 9.17) is 0 Å². The van der Waals surface area contributed by atoms with Crippen molar-refractivity contribution in [1.29, 1.82) is 0 Å². The number of urea groups is 1. The summed E-state index contributed by atoms with van der Waals surface area (Å²) in [6, 6.07) is 7.90. The summed E-state index contributed by atoms with van der Waals surface area (Å²) in [6.07, 6.45) is 0. The summed E-state index contributed by atoms with van der Waals surface area (Å²) in [5.74, 6) is 0. The van der Waals surface area contributed by atoms with Crippen LogP contribution >= 0.6 is 15.9 Å². The molecule has 4 heteroatoms. The minimum Gasteiger partial charge on any atom is -0.325 e. The van der Waals surface area contributed by atoms with Gasteiger partial charge < -0.3 is 4.90 Å². The maximum Gasteiger partial charge on any atom is 0.324 e. The Bertz CT molecular complexity index is 414. The van der Waals surface area contributed by atoms with Crippen LogP contribution in [0.25, 0.3) is 0 Å². The van der Waals surface area contributed by atoms with Gasteiger partial charge in [0.1, 0.15) is 0 Å². The molecule has 1 aliphatic heterocycles. The lowest BCUT2D eigenvalue weighted by atomic mass is 10.0. The highest BCUT2D eigenvalue weighted by atomic mass is 79.9. The van der Waals surface area contributed by atoms with Gasteiger partial charge in [0.2, 0.25) is 0 Å². The molecule has 16 heavy (non-hydrogen) atoms. The molecule has 1 aromatic rings. The number of benzene rings is 1. The normalized spacial score (nSPS) is 19.4. The van der Waals surface area contributed by atoms with Crippen molar-refractivity contribution in [2.75, 3.05) is 18.5 Å². The van der Waals surface area contributed by atoms with E-state index in [0.29, 0.717) is 0 Å². The maximum atomic E-state index is 12.0. The quantitative estimate of drug-likeness (QED) is 0.777. The number of amides is 2. The van der Waals surface area contributed by atoms with Crippen LogP contribution in [0.5, 0.6) is 0 Å². The van der Waals surface area contributed by atoms with E-state index >= 15 is 0 Å². The van der Waals surface area contributed by atoms with Gasteiger partial charge in [-0.25, -0.2) is 4.79 Å². The predicted octanol–water partition coefficient (Wildman–Crippen LogP) is 3.10. The van der Waals surface area contributed by atoms with Crippen LogP contribution in [-0.2, 0) is 0 Å². The van der Waals surface area contributed by atoms with E-state index in [2.05, 4.69) is 29.8 Å². The highest BCUT2D eigenvalue weighted by molar-refractivity contribution is 9.10. The van der Waals surface area contributed by atoms with E-state index < -0.39 is 0 Å². The molecule has 0 atom stereocenters. The predicted molar refractivity (Wildman–Crippen MR) is 68.7 cm³/mol. The fourth-order valence-electron chi connectivity index (χ4n) is 2.20. The summed E-state index contributed by atoms with van der Waals surface area (Å²) in [6.45, 7) is 4.91. The van der Waals surface area contributed by atoms with Crippen LogP contribution in [0.15, 0.2) is 28.7 Å². The summed E-state index contributed by atoms with van der Waals surface area (Å²) in [5.41, 5.74) is 0.794. The first-order valence-electron chi connectivity index (χ1n) is 5.23. The standard InChI is InChI=1S/C12H15BrN2O/c1-12(2)8-14(3)11(16)15(12)10-6-4-9(13)5-7-10/h4-7H,8H2,1-3H3. The molecule has 0 saturated carbocycles. The van der Waals surface area contributed by atoms with E-state index in [-0.39, 0.29) is 11.6 Å². The lowest BCUT2D eigenvalue weighted by Crippen LogP contribution is -2.42. The van der Waals surface area contributed by atoms with Gasteiger partial charge in [0.15, 0.2) is 0 Å². The molecule has 1 saturated heterocycles. The molecule has 3 nitrogen and oxygen atoms in total. The third kappa shape index (κ3) is 1.82. The molecular formula is C12H15BrN2O. The average molecular weight is 283 g/mol. The SMILES string of the molecule is CN1CC(C)(C)N(c2ccc(Br)cc2)C1=O. The van der Waals surface area contributed by atoms with Crippen molar-refractivity contribution in [3.8, 4) is 0 Å². The summed E-state index contributed by atoms with van der Waals surface area (Å²) in [4.78, 5) is 15.6. The molecule has 0 unspecified atom stereocenters. The third-order valence-electron chi connectivity index (χ3n) is 2.83. The number of carbonyl (C=O) groups is 1. The van der Waals surface area contributed by atoms with E-state index in [9.17, 15) is 4.79 Å². The third-order valence-corrected chi connectivity index (χ3v) is 3.36. The molecule has 86 valence electrons. The topological polar surface area (TPSA) is 23.6 Å². The maximum absolute atomic E-state index is 12.0. The van der Waals surface area contributed by atoms with Gasteiger partial charge in [-0.1, -0.05) is 15.9 Å². The van der Waals surface area contributed by atoms with E-state index in [1.807, 2.05) is 36.2 Å². The first-order valence-corrected chi connectivity index (χ1v) is 6.02. The zero-order valence-corrected chi connectivity index (χ0v) is 11.3. The Labute approximate surface area is 104 Å². The molecule has 1 heterocycles. The monoisotopic (exact) mass is 282 g/mol. The van der Waals surface area contributed by atoms with Crippen molar-refractivity contribution >= 4 is 27.6 Å². The molecule has 0 N–H and O–H groups in total. The molecule has 0 radical (unpaired) electrons. The number of hydrogen-bond acceptors (Lipinski definition) is 1. The Morgan fingerprint density at radius 2 is 1.81 bits per heavy atom. The van der Waals surface area contributed by atoms with E-state index in [0.717, 1.165) is 16.7 Å². The number of hydrogen-bond donors (Lipinski definition) is 0. The van der Waals surface area contributed by atoms with Gasteiger partial charge in [0.05, 0.1) is 5.54 Å². The van der Waals surface area contributed by atoms with Crippen molar-refractivity contribution in [2.24, 2.45) is 0 Å². The molecule has 2 amide bonds. The Balaban J connectivity index is 2.39. The van der Waals surface area contributed by atoms with Gasteiger partial charge in [-0.05, 0) is 38.1 Å². The van der Waals surface area contributed by atoms with Crippen molar-refractivity contribution in [1.82, 2.24) is 4.90 Å². The zero-order valence-electron chi connectivity index (χ0n) is 9.70. The molecule has 2 rings (SSSR count). The fourth-order valence-corrected chi connectivity index (χ4v) is 2.46. The van der Waals surface area contributed by atoms with Crippen LogP contribution in [0, 0.1) is 0 Å². The van der Waals surface area contributed by atoms with Gasteiger partial charge in [-0.3, -0.25) is 4.90 Å². The summed E-state index contributed by atoms with van der Waals surface area (Å²) in [7, 11) is 1.84. The lowest BCUT2D eigenvalue weighted by Gasteiger charge is -2.29. The molecule has 1 fully saturated rings. The Kier molecular flexibility index (Phi) is 2.70. The Hall–Kier alpha value is -1.03. The van der Waals surface area contributed by atoms with Crippen LogP contribution in [-0.4, -0.2) is 30.1 Å². The van der Waals surface area contributed by atoms with E-state index in [1.54, 1.807) is 4.90 Å². The zero-order chi connectivity index (χ0) is 11.9. The van der Waals surface area contributed by atoms with Crippen LogP contribution < -0.4 is 4.90 Å². The first-order chi connectivity index (χ1) is 7.42. The largest absolute Gasteiger partial charge is 0.325 e. The summed E-state index contributed by atoms with van der Waals surface area (Å²) >= 11 is 3.40. The van der Waals surface area contributed by atoms with Crippen molar-refractivity contribution in [3.05, 3.63) is 28.7 Å². The molecule has 0 aromatic heterocycles. The second-order valence-electron chi connectivity index (χ2n) is 4.76. The van der Waals surface area contributed by atoms with Crippen LogP contribution in [0.3, 0.4) is 0 Å². The number of halogens is 1. The first kappa shape index (κ1) is 11.5. The van der Waals surface area contributed by atoms with Gasteiger partial charge >= 0.3 is 6.03 Å². The smallest absolute Gasteiger partial charge is 0.324 e. The van der Waals surface area contributed by atoms with Crippen LogP contribution in [0.1, 0.15) is 13.8 Å². The van der Waals surface area contributed by atoms with Crippen LogP contribution in [0.4, 0.5) is 10.5 Å². The minimum absolute atomic E-state index is 0.0623. The molecule has 1 aromatic carbocycles. The number of nitrogens with zero attached hydrogens (tertiary/aromatic N) is 2. The van der Waals surface area contributed by atoms with Crippen molar-refractivity contribution in [3.63, 3.8) is 0 Å². The molecule has 0 spiro atoms. The summed E-state index contributed by atoms with van der Waals surface area (Å²) < 4.78 is 1.02. The second-order valence-corrected chi connectivity index (χ2v) is 5.68. The fraction of sp³-hybridized carbons (Fsp3) is 0.417. The number of likely N-dealkylation sites (N-methyl/N-ethyl adjacent to an activating group) is 1. The number of anilines is 1. The highest BCUT2D eigenvalue weighted by Gasteiger charge is 2.42. The molecular weight excluding hydrogens is 268 g/mol. The van der Waals surface area contributed by atoms with Gasteiger partial charge in [0, 0.05) is 23.8 Å². The number of carbonyl (C=O) groups excluding carboxylic acids is 1. The minimum atomic E-state index is -0.153. The number of rotatable bonds is 1. The average Bonchev–Trinajstić information content (AvgIpc) is 2.39. The molecule has 1 aliphatic rings. The lowest BCUT2D eigenvalue weighted by molar-refractivity contribution is 0.229. The Morgan fingerprint density at radius 3 is 2.25 bits per heavy atom. The second kappa shape index (κ2) is 3.77. The van der Waals surface area contributed by atoms with Crippen molar-refractivity contribution in [2.45, 2.75) is 19.4 Å². The van der Waals surface area contributed by atoms with Gasteiger partial charge in [-0.15, -0.1) is 0 Å². The molecule has 0 aliphatic carbocycles. The van der Waals surface area contributed by atoms with Crippen molar-refractivity contribution < 1.29 is 4.79 Å². The summed E-state index contributed by atoms with van der Waals surface area (Å²) in [5, 5.41) is 0. The highest BCUT2D eigenvalue weighted by Crippen LogP contribution is 2.31. The Morgan fingerprint density at radius 1 is 1.25 bits per heavy atom. The van der Waals surface area contributed by atoms with Gasteiger partial charge in [0.25, 0.3) is 0 Å². The molecule has 0 bridgehead atoms. The van der Waals surface area contributed by atoms with Crippen LogP contribution in [0.2, 0.25) is 0 Å².